The third kappa shape index (κ3) is 3.75. The Morgan fingerprint density at radius 2 is 1.97 bits per heavy atom. The number of nitrogens with two attached hydrogens (primary N) is 2. The van der Waals surface area contributed by atoms with E-state index in [9.17, 15) is 5.26 Å². The van der Waals surface area contributed by atoms with Gasteiger partial charge in [0.2, 0.25) is 17.7 Å². The zero-order chi connectivity index (χ0) is 22.7. The number of nitrogen functional groups attached to an aromatic ring is 2. The maximum absolute atomic E-state index is 9.43. The minimum Gasteiger partial charge on any atom is -0.421 e. The minimum atomic E-state index is -0.612. The van der Waals surface area contributed by atoms with Crippen LogP contribution >= 0.6 is 0 Å². The second-order valence-electron chi connectivity index (χ2n) is 7.13. The number of unbranched alkanes of at least 4 members (excludes halogenated alkanes) is 1. The zero-order valence-corrected chi connectivity index (χ0v) is 17.3. The summed E-state index contributed by atoms with van der Waals surface area (Å²) in [5.41, 5.74) is 14.4. The molecule has 0 amide bonds. The van der Waals surface area contributed by atoms with Gasteiger partial charge in [-0.1, -0.05) is 25.5 Å². The highest BCUT2D eigenvalue weighted by molar-refractivity contribution is 5.98. The van der Waals surface area contributed by atoms with Crippen molar-refractivity contribution in [1.82, 2.24) is 20.5 Å². The van der Waals surface area contributed by atoms with Crippen molar-refractivity contribution in [3.8, 4) is 23.7 Å². The highest BCUT2D eigenvalue weighted by Gasteiger charge is 2.29. The van der Waals surface area contributed by atoms with Crippen LogP contribution in [0.15, 0.2) is 33.7 Å². The topological polar surface area (TPSA) is 188 Å². The average molecular weight is 428 g/mol. The van der Waals surface area contributed by atoms with Crippen LogP contribution in [0.1, 0.15) is 48.4 Å². The molecule has 0 aliphatic carbocycles. The highest BCUT2D eigenvalue weighted by Crippen LogP contribution is 2.40. The van der Waals surface area contributed by atoms with E-state index in [0.29, 0.717) is 23.2 Å². The van der Waals surface area contributed by atoms with E-state index in [-0.39, 0.29) is 23.0 Å². The largest absolute Gasteiger partial charge is 0.421 e. The first-order valence-corrected chi connectivity index (χ1v) is 9.97. The zero-order valence-electron chi connectivity index (χ0n) is 17.3. The summed E-state index contributed by atoms with van der Waals surface area (Å²) in [5, 5.41) is 32.0. The monoisotopic (exact) mass is 428 g/mol. The number of pyridine rings is 1. The fraction of sp³-hybridized carbons (Fsp3) is 0.238. The van der Waals surface area contributed by atoms with Gasteiger partial charge in [-0.25, -0.2) is 9.98 Å². The Morgan fingerprint density at radius 1 is 1.19 bits per heavy atom. The van der Waals surface area contributed by atoms with Gasteiger partial charge in [0.1, 0.15) is 29.3 Å². The molecule has 1 aliphatic rings. The Labute approximate surface area is 183 Å². The van der Waals surface area contributed by atoms with Gasteiger partial charge in [-0.15, -0.1) is 10.2 Å². The van der Waals surface area contributed by atoms with Crippen molar-refractivity contribution in [2.75, 3.05) is 16.8 Å². The molecule has 0 spiro atoms. The molecule has 0 fully saturated rings. The molecule has 4 rings (SSSR count). The maximum Gasteiger partial charge on any atom is 0.247 e. The number of nitrogens with one attached hydrogen (secondary N) is 2. The smallest absolute Gasteiger partial charge is 0.247 e. The van der Waals surface area contributed by atoms with Crippen LogP contribution in [-0.4, -0.2) is 21.1 Å². The van der Waals surface area contributed by atoms with E-state index in [1.807, 2.05) is 36.5 Å². The number of hydrogen-bond donors (Lipinski definition) is 4. The Kier molecular flexibility index (Phi) is 5.55. The van der Waals surface area contributed by atoms with Gasteiger partial charge < -0.3 is 21.2 Å². The van der Waals surface area contributed by atoms with Crippen molar-refractivity contribution in [3.63, 3.8) is 0 Å². The second-order valence-corrected chi connectivity index (χ2v) is 7.13. The first kappa shape index (κ1) is 20.6. The summed E-state index contributed by atoms with van der Waals surface area (Å²) < 4.78 is 5.74. The molecule has 0 radical (unpaired) electrons. The van der Waals surface area contributed by atoms with Crippen LogP contribution in [0.25, 0.3) is 11.5 Å². The van der Waals surface area contributed by atoms with Crippen molar-refractivity contribution in [3.05, 3.63) is 46.8 Å². The lowest BCUT2D eigenvalue weighted by molar-refractivity contribution is 0.496. The molecular formula is C21H20N10O. The molecule has 1 atom stereocenters. The molecule has 160 valence electrons. The summed E-state index contributed by atoms with van der Waals surface area (Å²) >= 11 is 0. The molecule has 1 unspecified atom stereocenters. The second kappa shape index (κ2) is 8.62. The van der Waals surface area contributed by atoms with E-state index < -0.39 is 6.04 Å². The van der Waals surface area contributed by atoms with Crippen LogP contribution in [0.2, 0.25) is 0 Å². The van der Waals surface area contributed by atoms with Gasteiger partial charge in [0, 0.05) is 17.5 Å². The minimum absolute atomic E-state index is 0.00109. The molecule has 1 aliphatic heterocycles. The molecule has 1 aromatic carbocycles. The Morgan fingerprint density at radius 3 is 2.66 bits per heavy atom. The number of nitrogens with zero attached hydrogens (tertiary/aromatic N) is 6. The Bertz CT molecular complexity index is 1260. The first-order chi connectivity index (χ1) is 15.5. The van der Waals surface area contributed by atoms with E-state index in [4.69, 9.17) is 21.1 Å². The van der Waals surface area contributed by atoms with Crippen LogP contribution < -0.4 is 22.1 Å². The van der Waals surface area contributed by atoms with Crippen LogP contribution in [0, 0.1) is 22.8 Å². The van der Waals surface area contributed by atoms with Gasteiger partial charge in [-0.3, -0.25) is 5.32 Å². The first-order valence-electron chi connectivity index (χ1n) is 9.97. The van der Waals surface area contributed by atoms with Gasteiger partial charge >= 0.3 is 0 Å². The van der Waals surface area contributed by atoms with Gasteiger partial charge in [0.25, 0.3) is 0 Å². The van der Waals surface area contributed by atoms with Crippen LogP contribution in [0.3, 0.4) is 0 Å². The van der Waals surface area contributed by atoms with Gasteiger partial charge in [0.05, 0.1) is 5.69 Å². The molecule has 3 aromatic rings. The summed E-state index contributed by atoms with van der Waals surface area (Å²) in [6.45, 7) is 2.10. The Hall–Kier alpha value is -4.64. The van der Waals surface area contributed by atoms with Crippen molar-refractivity contribution in [1.29, 1.82) is 10.5 Å². The van der Waals surface area contributed by atoms with Gasteiger partial charge in [-0.05, 0) is 24.1 Å². The van der Waals surface area contributed by atoms with Crippen molar-refractivity contribution >= 4 is 23.3 Å². The summed E-state index contributed by atoms with van der Waals surface area (Å²) in [5.74, 6) is 1.57. The average Bonchev–Trinajstić information content (AvgIpc) is 3.26. The number of benzene rings is 1. The number of aryl methyl sites for hydroxylation is 1. The number of aromatic nitrogens is 3. The molecule has 32 heavy (non-hydrogen) atoms. The molecule has 0 bridgehead atoms. The Balaban J connectivity index is 1.72. The number of nitriles is 2. The predicted molar refractivity (Wildman–Crippen MR) is 118 cm³/mol. The van der Waals surface area contributed by atoms with Crippen LogP contribution in [0.4, 0.5) is 17.3 Å². The summed E-state index contributed by atoms with van der Waals surface area (Å²) in [6.07, 6.45) is 4.60. The van der Waals surface area contributed by atoms with E-state index >= 15 is 0 Å². The lowest BCUT2D eigenvalue weighted by Gasteiger charge is -2.26. The summed E-state index contributed by atoms with van der Waals surface area (Å²) in [4.78, 5) is 8.79. The fourth-order valence-electron chi connectivity index (χ4n) is 3.43. The third-order valence-electron chi connectivity index (χ3n) is 5.04. The van der Waals surface area contributed by atoms with Crippen LogP contribution in [-0.2, 0) is 6.42 Å². The third-order valence-corrected chi connectivity index (χ3v) is 5.04. The lowest BCUT2D eigenvalue weighted by Crippen LogP contribution is -2.32. The number of rotatable bonds is 5. The standard InChI is InChI=1S/C21H20N10O/c1-2-3-4-14-30-31-20(32-14)12-7-5-11(6-8-12)17-15-16(24)13(9-22)18(25)28-19(15)29-21(27-17)26-10-23/h5-8,17H,2-4H2,1H3,(H6,24,25,26,27,28,29). The molecule has 0 saturated heterocycles. The lowest BCUT2D eigenvalue weighted by atomic mass is 9.94. The summed E-state index contributed by atoms with van der Waals surface area (Å²) in [7, 11) is 0. The molecule has 6 N–H and O–H groups in total. The molecule has 11 heteroatoms. The molecule has 11 nitrogen and oxygen atoms in total. The van der Waals surface area contributed by atoms with E-state index in [1.165, 1.54) is 0 Å². The van der Waals surface area contributed by atoms with Crippen LogP contribution in [0.5, 0.6) is 0 Å². The number of aliphatic imine (C=N–C) groups is 1. The molecular weight excluding hydrogens is 408 g/mol. The van der Waals surface area contributed by atoms with E-state index in [0.717, 1.165) is 30.4 Å². The van der Waals surface area contributed by atoms with Crippen molar-refractivity contribution in [2.45, 2.75) is 32.2 Å². The van der Waals surface area contributed by atoms with E-state index in [2.05, 4.69) is 37.7 Å². The number of fused-ring (bicyclic) bond motifs is 1. The maximum atomic E-state index is 9.43. The summed E-state index contributed by atoms with van der Waals surface area (Å²) in [6, 6.07) is 8.75. The SMILES string of the molecule is CCCCc1nnc(-c2ccc(C3N=C(NC#N)Nc4nc(N)c(C#N)c(N)c43)cc2)o1. The van der Waals surface area contributed by atoms with Gasteiger partial charge in [0.15, 0.2) is 6.19 Å². The quantitative estimate of drug-likeness (QED) is 0.347. The van der Waals surface area contributed by atoms with Gasteiger partial charge in [-0.2, -0.15) is 10.5 Å². The molecule has 3 heterocycles. The predicted octanol–water partition coefficient (Wildman–Crippen LogP) is 2.45. The van der Waals surface area contributed by atoms with Crippen molar-refractivity contribution in [2.24, 2.45) is 4.99 Å². The van der Waals surface area contributed by atoms with Crippen molar-refractivity contribution < 1.29 is 4.42 Å². The highest BCUT2D eigenvalue weighted by atomic mass is 16.4. The fourth-order valence-corrected chi connectivity index (χ4v) is 3.43. The number of anilines is 3. The molecule has 0 saturated carbocycles. The molecule has 2 aromatic heterocycles. The number of hydrogen-bond acceptors (Lipinski definition) is 11. The number of guanidine groups is 1. The normalized spacial score (nSPS) is 14.5. The van der Waals surface area contributed by atoms with E-state index in [1.54, 1.807) is 0 Å².